The number of nitro benzene ring substituents is 1. The second kappa shape index (κ2) is 7.70. The highest BCUT2D eigenvalue weighted by Crippen LogP contribution is 2.40. The summed E-state index contributed by atoms with van der Waals surface area (Å²) in [7, 11) is 0. The van der Waals surface area contributed by atoms with Crippen molar-refractivity contribution in [3.8, 4) is 0 Å². The first-order chi connectivity index (χ1) is 15.8. The van der Waals surface area contributed by atoms with Crippen molar-refractivity contribution in [2.45, 2.75) is 26.4 Å². The molecule has 164 valence electrons. The van der Waals surface area contributed by atoms with Crippen LogP contribution in [-0.4, -0.2) is 15.7 Å². The number of amides is 1. The Kier molecular flexibility index (Phi) is 4.82. The molecule has 0 saturated heterocycles. The molecule has 7 heteroatoms. The fourth-order valence-electron chi connectivity index (χ4n) is 4.37. The maximum Gasteiger partial charge on any atom is 0.291 e. The van der Waals surface area contributed by atoms with Crippen LogP contribution in [0.2, 0.25) is 0 Å². The van der Waals surface area contributed by atoms with E-state index >= 15 is 0 Å². The molecule has 5 rings (SSSR count). The molecule has 0 saturated carbocycles. The monoisotopic (exact) mass is 440 g/mol. The zero-order chi connectivity index (χ0) is 23.3. The first kappa shape index (κ1) is 20.6. The van der Waals surface area contributed by atoms with Gasteiger partial charge in [-0.15, -0.1) is 0 Å². The van der Waals surface area contributed by atoms with Gasteiger partial charge in [0.25, 0.3) is 11.6 Å². The topological polar surface area (TPSA) is 93.7 Å². The van der Waals surface area contributed by atoms with Gasteiger partial charge in [0.2, 0.25) is 5.76 Å². The summed E-state index contributed by atoms with van der Waals surface area (Å²) < 4.78 is 6.01. The van der Waals surface area contributed by atoms with E-state index < -0.39 is 16.9 Å². The Balaban J connectivity index is 1.76. The van der Waals surface area contributed by atoms with Crippen LogP contribution >= 0.6 is 0 Å². The van der Waals surface area contributed by atoms with Gasteiger partial charge in [0, 0.05) is 18.7 Å². The number of aryl methyl sites for hydroxylation is 2. The Hall–Kier alpha value is -4.26. The third kappa shape index (κ3) is 3.38. The number of non-ortho nitro benzene ring substituents is 1. The Morgan fingerprint density at radius 1 is 0.970 bits per heavy atom. The SMILES string of the molecule is Cc1cc2oc3c(c(=O)c2cc1C)C(c1cccc([N+](=O)[O-])c1)N(Cc1ccccc1)C3=O. The van der Waals surface area contributed by atoms with Crippen LogP contribution in [0.4, 0.5) is 5.69 Å². The summed E-state index contributed by atoms with van der Waals surface area (Å²) in [6.45, 7) is 4.05. The zero-order valence-corrected chi connectivity index (χ0v) is 18.1. The van der Waals surface area contributed by atoms with Crippen LogP contribution in [0.1, 0.15) is 44.4 Å². The van der Waals surface area contributed by atoms with Crippen LogP contribution in [0.3, 0.4) is 0 Å². The van der Waals surface area contributed by atoms with Gasteiger partial charge in [-0.3, -0.25) is 19.7 Å². The molecular formula is C26H20N2O5. The van der Waals surface area contributed by atoms with Gasteiger partial charge in [0.05, 0.1) is 21.9 Å². The quantitative estimate of drug-likeness (QED) is 0.326. The minimum Gasteiger partial charge on any atom is -0.450 e. The maximum atomic E-state index is 13.7. The summed E-state index contributed by atoms with van der Waals surface area (Å²) in [6.07, 6.45) is 0. The second-order valence-electron chi connectivity index (χ2n) is 8.28. The summed E-state index contributed by atoms with van der Waals surface area (Å²) in [5, 5.41) is 11.8. The van der Waals surface area contributed by atoms with Crippen LogP contribution in [0.25, 0.3) is 11.0 Å². The van der Waals surface area contributed by atoms with Gasteiger partial charge in [-0.05, 0) is 48.2 Å². The lowest BCUT2D eigenvalue weighted by molar-refractivity contribution is -0.384. The molecule has 1 unspecified atom stereocenters. The normalized spacial score (nSPS) is 15.2. The van der Waals surface area contributed by atoms with Crippen molar-refractivity contribution in [3.05, 3.63) is 121 Å². The largest absolute Gasteiger partial charge is 0.450 e. The predicted octanol–water partition coefficient (Wildman–Crippen LogP) is 5.06. The number of carbonyl (C=O) groups excluding carboxylic acids is 1. The highest BCUT2D eigenvalue weighted by molar-refractivity contribution is 5.99. The van der Waals surface area contributed by atoms with Gasteiger partial charge in [-0.1, -0.05) is 42.5 Å². The molecule has 1 aromatic heterocycles. The third-order valence-corrected chi connectivity index (χ3v) is 6.17. The molecule has 1 aliphatic heterocycles. The number of hydrogen-bond acceptors (Lipinski definition) is 5. The zero-order valence-electron chi connectivity index (χ0n) is 18.1. The molecule has 33 heavy (non-hydrogen) atoms. The standard InChI is InChI=1S/C26H20N2O5/c1-15-11-20-21(12-16(15)2)33-25-22(24(20)29)23(18-9-6-10-19(13-18)28(31)32)27(26(25)30)14-17-7-4-3-5-8-17/h3-13,23H,14H2,1-2H3. The molecule has 4 aromatic rings. The lowest BCUT2D eigenvalue weighted by atomic mass is 9.97. The van der Waals surface area contributed by atoms with Crippen molar-refractivity contribution in [2.75, 3.05) is 0 Å². The van der Waals surface area contributed by atoms with Gasteiger partial charge in [-0.25, -0.2) is 0 Å². The van der Waals surface area contributed by atoms with Gasteiger partial charge in [0.15, 0.2) is 5.43 Å². The molecule has 0 radical (unpaired) electrons. The van der Waals surface area contributed by atoms with E-state index in [0.717, 1.165) is 16.7 Å². The Morgan fingerprint density at radius 3 is 2.42 bits per heavy atom. The molecule has 0 fully saturated rings. The van der Waals surface area contributed by atoms with E-state index in [9.17, 15) is 19.7 Å². The summed E-state index contributed by atoms with van der Waals surface area (Å²) in [5.41, 5.74) is 3.42. The minimum absolute atomic E-state index is 0.0109. The minimum atomic E-state index is -0.796. The van der Waals surface area contributed by atoms with E-state index in [0.29, 0.717) is 16.5 Å². The summed E-state index contributed by atoms with van der Waals surface area (Å²) in [6, 6.07) is 18.2. The molecule has 0 spiro atoms. The number of nitro groups is 1. The molecule has 3 aromatic carbocycles. The number of carbonyl (C=O) groups is 1. The third-order valence-electron chi connectivity index (χ3n) is 6.17. The maximum absolute atomic E-state index is 13.7. The van der Waals surface area contributed by atoms with Crippen LogP contribution < -0.4 is 5.43 Å². The number of rotatable bonds is 4. The highest BCUT2D eigenvalue weighted by atomic mass is 16.6. The molecule has 1 atom stereocenters. The molecule has 1 amide bonds. The summed E-state index contributed by atoms with van der Waals surface area (Å²) in [5.74, 6) is -0.425. The fourth-order valence-corrected chi connectivity index (χ4v) is 4.37. The number of nitrogens with zero attached hydrogens (tertiary/aromatic N) is 2. The van der Waals surface area contributed by atoms with E-state index in [-0.39, 0.29) is 29.0 Å². The Bertz CT molecular complexity index is 1490. The smallest absolute Gasteiger partial charge is 0.291 e. The van der Waals surface area contributed by atoms with E-state index in [1.54, 1.807) is 29.2 Å². The number of fused-ring (bicyclic) bond motifs is 2. The van der Waals surface area contributed by atoms with E-state index in [4.69, 9.17) is 4.42 Å². The van der Waals surface area contributed by atoms with Gasteiger partial charge in [0.1, 0.15) is 5.58 Å². The first-order valence-electron chi connectivity index (χ1n) is 10.5. The average molecular weight is 440 g/mol. The van der Waals surface area contributed by atoms with Gasteiger partial charge < -0.3 is 9.32 Å². The van der Waals surface area contributed by atoms with Crippen LogP contribution in [0.5, 0.6) is 0 Å². The van der Waals surface area contributed by atoms with E-state index in [2.05, 4.69) is 0 Å². The fraction of sp³-hybridized carbons (Fsp3) is 0.154. The van der Waals surface area contributed by atoms with Crippen LogP contribution in [0, 0.1) is 24.0 Å². The molecule has 1 aliphatic rings. The Labute approximate surface area is 189 Å². The molecular weight excluding hydrogens is 420 g/mol. The second-order valence-corrected chi connectivity index (χ2v) is 8.28. The van der Waals surface area contributed by atoms with Crippen molar-refractivity contribution < 1.29 is 14.1 Å². The van der Waals surface area contributed by atoms with E-state index in [1.807, 2.05) is 44.2 Å². The highest BCUT2D eigenvalue weighted by Gasteiger charge is 2.43. The molecule has 2 heterocycles. The van der Waals surface area contributed by atoms with Crippen molar-refractivity contribution in [3.63, 3.8) is 0 Å². The van der Waals surface area contributed by atoms with Crippen molar-refractivity contribution in [2.24, 2.45) is 0 Å². The number of benzene rings is 3. The number of hydrogen-bond donors (Lipinski definition) is 0. The van der Waals surface area contributed by atoms with Crippen molar-refractivity contribution in [1.82, 2.24) is 4.90 Å². The first-order valence-corrected chi connectivity index (χ1v) is 10.5. The lowest BCUT2D eigenvalue weighted by Crippen LogP contribution is -2.29. The molecule has 0 N–H and O–H groups in total. The van der Waals surface area contributed by atoms with Crippen molar-refractivity contribution in [1.29, 1.82) is 0 Å². The molecule has 0 aliphatic carbocycles. The summed E-state index contributed by atoms with van der Waals surface area (Å²) in [4.78, 5) is 39.6. The van der Waals surface area contributed by atoms with Gasteiger partial charge >= 0.3 is 0 Å². The van der Waals surface area contributed by atoms with Crippen LogP contribution in [0.15, 0.2) is 75.9 Å². The molecule has 7 nitrogen and oxygen atoms in total. The molecule has 0 bridgehead atoms. The van der Waals surface area contributed by atoms with E-state index in [1.165, 1.54) is 12.1 Å². The van der Waals surface area contributed by atoms with Crippen LogP contribution in [-0.2, 0) is 6.54 Å². The summed E-state index contributed by atoms with van der Waals surface area (Å²) >= 11 is 0. The lowest BCUT2D eigenvalue weighted by Gasteiger charge is -2.25. The predicted molar refractivity (Wildman–Crippen MR) is 123 cm³/mol. The Morgan fingerprint density at radius 2 is 1.70 bits per heavy atom. The van der Waals surface area contributed by atoms with Gasteiger partial charge in [-0.2, -0.15) is 0 Å². The van der Waals surface area contributed by atoms with Crippen molar-refractivity contribution >= 4 is 22.6 Å². The average Bonchev–Trinajstić information content (AvgIpc) is 3.08.